The predicted molar refractivity (Wildman–Crippen MR) is 97.9 cm³/mol. The summed E-state index contributed by atoms with van der Waals surface area (Å²) < 4.78 is 0. The number of carbonyl (C=O) groups is 1. The quantitative estimate of drug-likeness (QED) is 0.839. The van der Waals surface area contributed by atoms with E-state index in [1.807, 2.05) is 29.8 Å². The molecule has 0 aliphatic carbocycles. The van der Waals surface area contributed by atoms with Gasteiger partial charge in [-0.1, -0.05) is 18.6 Å². The molecule has 1 atom stereocenters. The first-order valence-corrected chi connectivity index (χ1v) is 9.62. The Labute approximate surface area is 147 Å². The normalized spacial score (nSPS) is 18.4. The van der Waals surface area contributed by atoms with Crippen molar-refractivity contribution in [1.29, 1.82) is 0 Å². The fourth-order valence-corrected chi connectivity index (χ4v) is 3.94. The van der Waals surface area contributed by atoms with Gasteiger partial charge in [0.1, 0.15) is 0 Å². The van der Waals surface area contributed by atoms with Crippen molar-refractivity contribution >= 4 is 17.2 Å². The monoisotopic (exact) mass is 343 g/mol. The summed E-state index contributed by atoms with van der Waals surface area (Å²) in [7, 11) is 0. The zero-order valence-electron chi connectivity index (χ0n) is 14.0. The van der Waals surface area contributed by atoms with Crippen molar-refractivity contribution in [3.05, 3.63) is 52.5 Å². The van der Waals surface area contributed by atoms with Crippen LogP contribution in [-0.2, 0) is 17.8 Å². The highest BCUT2D eigenvalue weighted by molar-refractivity contribution is 7.09. The van der Waals surface area contributed by atoms with Gasteiger partial charge in [0.15, 0.2) is 0 Å². The van der Waals surface area contributed by atoms with Crippen molar-refractivity contribution in [3.8, 4) is 0 Å². The van der Waals surface area contributed by atoms with Gasteiger partial charge < -0.3 is 5.32 Å². The molecule has 1 unspecified atom stereocenters. The Bertz CT molecular complexity index is 615. The van der Waals surface area contributed by atoms with Crippen LogP contribution in [0.15, 0.2) is 41.9 Å². The molecule has 0 radical (unpaired) electrons. The molecule has 4 nitrogen and oxygen atoms in total. The molecule has 1 saturated heterocycles. The highest BCUT2D eigenvalue weighted by Crippen LogP contribution is 2.20. The first-order chi connectivity index (χ1) is 11.8. The molecule has 1 aliphatic heterocycles. The summed E-state index contributed by atoms with van der Waals surface area (Å²) in [6, 6.07) is 10.6. The van der Waals surface area contributed by atoms with Crippen LogP contribution >= 0.6 is 11.3 Å². The van der Waals surface area contributed by atoms with Gasteiger partial charge in [0.25, 0.3) is 0 Å². The van der Waals surface area contributed by atoms with Crippen LogP contribution in [0.25, 0.3) is 0 Å². The SMILES string of the molecule is O=C(CN1CCCCC1CCc1ccccn1)NCc1cccs1. The molecule has 0 saturated carbocycles. The maximum absolute atomic E-state index is 12.3. The Morgan fingerprint density at radius 1 is 1.29 bits per heavy atom. The summed E-state index contributed by atoms with van der Waals surface area (Å²) in [6.45, 7) is 2.18. The number of thiophene rings is 1. The lowest BCUT2D eigenvalue weighted by molar-refractivity contribution is -0.123. The summed E-state index contributed by atoms with van der Waals surface area (Å²) in [5.41, 5.74) is 1.14. The molecular formula is C19H25N3OS. The molecule has 5 heteroatoms. The van der Waals surface area contributed by atoms with Gasteiger partial charge in [-0.2, -0.15) is 0 Å². The Morgan fingerprint density at radius 3 is 3.04 bits per heavy atom. The number of aromatic nitrogens is 1. The molecule has 24 heavy (non-hydrogen) atoms. The van der Waals surface area contributed by atoms with E-state index in [-0.39, 0.29) is 5.91 Å². The summed E-state index contributed by atoms with van der Waals surface area (Å²) >= 11 is 1.68. The third kappa shape index (κ3) is 5.14. The molecule has 2 aromatic rings. The standard InChI is InChI=1S/C19H25N3OS/c23-19(21-14-18-8-5-13-24-18)15-22-12-4-2-7-17(22)10-9-16-6-1-3-11-20-16/h1,3,5-6,8,11,13,17H,2,4,7,9-10,12,14-15H2,(H,21,23). The van der Waals surface area contributed by atoms with E-state index in [2.05, 4.69) is 27.3 Å². The van der Waals surface area contributed by atoms with E-state index >= 15 is 0 Å². The van der Waals surface area contributed by atoms with Crippen LogP contribution in [0.3, 0.4) is 0 Å². The summed E-state index contributed by atoms with van der Waals surface area (Å²) in [5.74, 6) is 0.133. The molecule has 1 aliphatic rings. The number of carbonyl (C=O) groups excluding carboxylic acids is 1. The van der Waals surface area contributed by atoms with E-state index in [0.717, 1.165) is 25.1 Å². The number of nitrogens with zero attached hydrogens (tertiary/aromatic N) is 2. The first-order valence-electron chi connectivity index (χ1n) is 8.74. The number of pyridine rings is 1. The number of amides is 1. The van der Waals surface area contributed by atoms with E-state index in [1.165, 1.54) is 24.1 Å². The molecule has 0 spiro atoms. The van der Waals surface area contributed by atoms with Crippen molar-refractivity contribution in [1.82, 2.24) is 15.2 Å². The number of nitrogens with one attached hydrogen (secondary N) is 1. The molecule has 1 N–H and O–H groups in total. The van der Waals surface area contributed by atoms with Crippen LogP contribution in [0.2, 0.25) is 0 Å². The Balaban J connectivity index is 1.47. The minimum absolute atomic E-state index is 0.133. The van der Waals surface area contributed by atoms with Crippen molar-refractivity contribution < 1.29 is 4.79 Å². The molecule has 1 amide bonds. The van der Waals surface area contributed by atoms with Crippen LogP contribution in [0, 0.1) is 0 Å². The Morgan fingerprint density at radius 2 is 2.25 bits per heavy atom. The third-order valence-electron chi connectivity index (χ3n) is 4.60. The average Bonchev–Trinajstić information content (AvgIpc) is 3.14. The lowest BCUT2D eigenvalue weighted by atomic mass is 9.97. The fraction of sp³-hybridized carbons (Fsp3) is 0.474. The number of aryl methyl sites for hydroxylation is 1. The van der Waals surface area contributed by atoms with Crippen LogP contribution in [-0.4, -0.2) is 34.9 Å². The second kappa shape index (κ2) is 8.94. The van der Waals surface area contributed by atoms with Gasteiger partial charge in [-0.3, -0.25) is 14.7 Å². The maximum atomic E-state index is 12.3. The Kier molecular flexibility index (Phi) is 6.38. The predicted octanol–water partition coefficient (Wildman–Crippen LogP) is 3.25. The number of piperidine rings is 1. The number of rotatable bonds is 7. The second-order valence-corrected chi connectivity index (χ2v) is 7.37. The summed E-state index contributed by atoms with van der Waals surface area (Å²) in [5, 5.41) is 5.09. The summed E-state index contributed by atoms with van der Waals surface area (Å²) in [6.07, 6.45) is 7.56. The zero-order chi connectivity index (χ0) is 16.6. The number of hydrogen-bond donors (Lipinski definition) is 1. The van der Waals surface area contributed by atoms with E-state index < -0.39 is 0 Å². The van der Waals surface area contributed by atoms with E-state index in [1.54, 1.807) is 11.3 Å². The molecular weight excluding hydrogens is 318 g/mol. The van der Waals surface area contributed by atoms with Crippen LogP contribution in [0.5, 0.6) is 0 Å². The molecule has 0 aromatic carbocycles. The second-order valence-electron chi connectivity index (χ2n) is 6.34. The largest absolute Gasteiger partial charge is 0.350 e. The van der Waals surface area contributed by atoms with Gasteiger partial charge in [-0.05, 0) is 55.8 Å². The van der Waals surface area contributed by atoms with Gasteiger partial charge >= 0.3 is 0 Å². The maximum Gasteiger partial charge on any atom is 0.234 e. The summed E-state index contributed by atoms with van der Waals surface area (Å²) in [4.78, 5) is 20.2. The molecule has 1 fully saturated rings. The van der Waals surface area contributed by atoms with Gasteiger partial charge in [-0.15, -0.1) is 11.3 Å². The molecule has 3 rings (SSSR count). The third-order valence-corrected chi connectivity index (χ3v) is 5.47. The zero-order valence-corrected chi connectivity index (χ0v) is 14.8. The van der Waals surface area contributed by atoms with Crippen molar-refractivity contribution in [2.24, 2.45) is 0 Å². The van der Waals surface area contributed by atoms with Gasteiger partial charge in [-0.25, -0.2) is 0 Å². The lowest BCUT2D eigenvalue weighted by Crippen LogP contribution is -2.45. The van der Waals surface area contributed by atoms with Crippen LogP contribution < -0.4 is 5.32 Å². The number of hydrogen-bond acceptors (Lipinski definition) is 4. The Hall–Kier alpha value is -1.72. The van der Waals surface area contributed by atoms with E-state index in [9.17, 15) is 4.79 Å². The van der Waals surface area contributed by atoms with E-state index in [0.29, 0.717) is 19.1 Å². The number of likely N-dealkylation sites (tertiary alicyclic amines) is 1. The lowest BCUT2D eigenvalue weighted by Gasteiger charge is -2.35. The minimum Gasteiger partial charge on any atom is -0.350 e. The van der Waals surface area contributed by atoms with Crippen molar-refractivity contribution in [3.63, 3.8) is 0 Å². The van der Waals surface area contributed by atoms with Gasteiger partial charge in [0.2, 0.25) is 5.91 Å². The molecule has 3 heterocycles. The van der Waals surface area contributed by atoms with E-state index in [4.69, 9.17) is 0 Å². The highest BCUT2D eigenvalue weighted by atomic mass is 32.1. The molecule has 2 aromatic heterocycles. The highest BCUT2D eigenvalue weighted by Gasteiger charge is 2.24. The van der Waals surface area contributed by atoms with Gasteiger partial charge in [0, 0.05) is 22.8 Å². The first kappa shape index (κ1) is 17.1. The average molecular weight is 343 g/mol. The van der Waals surface area contributed by atoms with Crippen LogP contribution in [0.1, 0.15) is 36.3 Å². The smallest absolute Gasteiger partial charge is 0.234 e. The topological polar surface area (TPSA) is 45.2 Å². The van der Waals surface area contributed by atoms with Crippen molar-refractivity contribution in [2.45, 2.75) is 44.7 Å². The fourth-order valence-electron chi connectivity index (χ4n) is 3.29. The molecule has 128 valence electrons. The molecule has 0 bridgehead atoms. The van der Waals surface area contributed by atoms with Gasteiger partial charge in [0.05, 0.1) is 13.1 Å². The van der Waals surface area contributed by atoms with Crippen LogP contribution in [0.4, 0.5) is 0 Å². The minimum atomic E-state index is 0.133. The van der Waals surface area contributed by atoms with Crippen molar-refractivity contribution in [2.75, 3.05) is 13.1 Å².